The SMILES string of the molecule is Cc1ccsc1C(CN)C(N)Cc1ccccc1. The maximum absolute atomic E-state index is 6.35. The number of rotatable bonds is 5. The summed E-state index contributed by atoms with van der Waals surface area (Å²) in [5.41, 5.74) is 14.8. The third-order valence-electron chi connectivity index (χ3n) is 3.32. The van der Waals surface area contributed by atoms with Gasteiger partial charge in [0.1, 0.15) is 0 Å². The number of benzene rings is 1. The molecular weight excluding hydrogens is 240 g/mol. The summed E-state index contributed by atoms with van der Waals surface area (Å²) in [4.78, 5) is 1.33. The van der Waals surface area contributed by atoms with Gasteiger partial charge < -0.3 is 11.5 Å². The summed E-state index contributed by atoms with van der Waals surface area (Å²) in [6.07, 6.45) is 0.875. The highest BCUT2D eigenvalue weighted by Crippen LogP contribution is 2.28. The predicted octanol–water partition coefficient (Wildman–Crippen LogP) is 2.67. The molecule has 2 rings (SSSR count). The molecule has 0 aliphatic carbocycles. The maximum atomic E-state index is 6.35. The fourth-order valence-corrected chi connectivity index (χ4v) is 3.39. The lowest BCUT2D eigenvalue weighted by molar-refractivity contribution is 0.540. The molecule has 96 valence electrons. The van der Waals surface area contributed by atoms with Crippen LogP contribution in [0.5, 0.6) is 0 Å². The highest BCUT2D eigenvalue weighted by atomic mass is 32.1. The van der Waals surface area contributed by atoms with Gasteiger partial charge in [-0.15, -0.1) is 11.3 Å². The Morgan fingerprint density at radius 2 is 1.89 bits per heavy atom. The molecule has 2 aromatic rings. The van der Waals surface area contributed by atoms with Gasteiger partial charge in [0.2, 0.25) is 0 Å². The summed E-state index contributed by atoms with van der Waals surface area (Å²) in [5, 5.41) is 2.11. The van der Waals surface area contributed by atoms with Gasteiger partial charge in [-0.1, -0.05) is 30.3 Å². The molecule has 0 bridgehead atoms. The van der Waals surface area contributed by atoms with Crippen LogP contribution in [-0.4, -0.2) is 12.6 Å². The van der Waals surface area contributed by atoms with Gasteiger partial charge in [0.25, 0.3) is 0 Å². The van der Waals surface area contributed by atoms with Gasteiger partial charge in [0, 0.05) is 23.4 Å². The van der Waals surface area contributed by atoms with Crippen molar-refractivity contribution in [2.45, 2.75) is 25.3 Å². The Morgan fingerprint density at radius 1 is 1.17 bits per heavy atom. The van der Waals surface area contributed by atoms with Crippen LogP contribution in [0.1, 0.15) is 21.9 Å². The van der Waals surface area contributed by atoms with Crippen molar-refractivity contribution in [3.63, 3.8) is 0 Å². The Kier molecular flexibility index (Phi) is 4.53. The Balaban J connectivity index is 2.11. The average Bonchev–Trinajstić information content (AvgIpc) is 2.78. The van der Waals surface area contributed by atoms with Gasteiger partial charge in [0.05, 0.1) is 0 Å². The number of hydrogen-bond acceptors (Lipinski definition) is 3. The molecule has 2 atom stereocenters. The van der Waals surface area contributed by atoms with Crippen LogP contribution < -0.4 is 11.5 Å². The third kappa shape index (κ3) is 2.99. The highest BCUT2D eigenvalue weighted by molar-refractivity contribution is 7.10. The van der Waals surface area contributed by atoms with E-state index in [1.54, 1.807) is 11.3 Å². The zero-order chi connectivity index (χ0) is 13.0. The van der Waals surface area contributed by atoms with Gasteiger partial charge in [0.15, 0.2) is 0 Å². The van der Waals surface area contributed by atoms with E-state index in [4.69, 9.17) is 11.5 Å². The Labute approximate surface area is 113 Å². The second kappa shape index (κ2) is 6.14. The molecule has 1 heterocycles. The van der Waals surface area contributed by atoms with E-state index < -0.39 is 0 Å². The number of aryl methyl sites for hydroxylation is 1. The van der Waals surface area contributed by atoms with E-state index in [9.17, 15) is 0 Å². The third-order valence-corrected chi connectivity index (χ3v) is 4.47. The van der Waals surface area contributed by atoms with Crippen LogP contribution in [0.25, 0.3) is 0 Å². The Hall–Kier alpha value is -1.16. The fourth-order valence-electron chi connectivity index (χ4n) is 2.27. The lowest BCUT2D eigenvalue weighted by atomic mass is 9.91. The molecule has 0 amide bonds. The minimum Gasteiger partial charge on any atom is -0.330 e. The molecule has 0 spiro atoms. The van der Waals surface area contributed by atoms with Crippen molar-refractivity contribution in [1.29, 1.82) is 0 Å². The summed E-state index contributed by atoms with van der Waals surface area (Å²) in [7, 11) is 0. The quantitative estimate of drug-likeness (QED) is 0.868. The first-order valence-electron chi connectivity index (χ1n) is 6.26. The molecule has 0 radical (unpaired) electrons. The first-order valence-corrected chi connectivity index (χ1v) is 7.14. The summed E-state index contributed by atoms with van der Waals surface area (Å²) >= 11 is 1.76. The van der Waals surface area contributed by atoms with E-state index in [2.05, 4.69) is 42.6 Å². The van der Waals surface area contributed by atoms with Crippen molar-refractivity contribution in [1.82, 2.24) is 0 Å². The van der Waals surface area contributed by atoms with E-state index in [1.807, 2.05) is 6.07 Å². The average molecular weight is 260 g/mol. The molecule has 0 aliphatic rings. The zero-order valence-corrected chi connectivity index (χ0v) is 11.5. The van der Waals surface area contributed by atoms with E-state index in [-0.39, 0.29) is 12.0 Å². The molecule has 0 saturated heterocycles. The van der Waals surface area contributed by atoms with Crippen LogP contribution in [0, 0.1) is 6.92 Å². The molecule has 0 fully saturated rings. The lowest BCUT2D eigenvalue weighted by Gasteiger charge is -2.22. The Bertz CT molecular complexity index is 478. The summed E-state index contributed by atoms with van der Waals surface area (Å²) in [6, 6.07) is 12.6. The van der Waals surface area contributed by atoms with Gasteiger partial charge in [-0.3, -0.25) is 0 Å². The predicted molar refractivity (Wildman–Crippen MR) is 79.0 cm³/mol. The molecule has 3 heteroatoms. The monoisotopic (exact) mass is 260 g/mol. The molecular formula is C15H20N2S. The summed E-state index contributed by atoms with van der Waals surface area (Å²) in [6.45, 7) is 2.74. The molecule has 2 unspecified atom stereocenters. The van der Waals surface area contributed by atoms with Crippen molar-refractivity contribution in [3.05, 3.63) is 57.8 Å². The van der Waals surface area contributed by atoms with Gasteiger partial charge >= 0.3 is 0 Å². The number of hydrogen-bond donors (Lipinski definition) is 2. The number of nitrogens with two attached hydrogens (primary N) is 2. The molecule has 2 nitrogen and oxygen atoms in total. The van der Waals surface area contributed by atoms with E-state index in [1.165, 1.54) is 16.0 Å². The Morgan fingerprint density at radius 3 is 2.44 bits per heavy atom. The first-order chi connectivity index (χ1) is 8.72. The van der Waals surface area contributed by atoms with E-state index >= 15 is 0 Å². The molecule has 0 aliphatic heterocycles. The maximum Gasteiger partial charge on any atom is 0.0213 e. The molecule has 18 heavy (non-hydrogen) atoms. The lowest BCUT2D eigenvalue weighted by Crippen LogP contribution is -2.35. The van der Waals surface area contributed by atoms with E-state index in [0.29, 0.717) is 6.54 Å². The first kappa shape index (κ1) is 13.3. The van der Waals surface area contributed by atoms with Gasteiger partial charge in [-0.05, 0) is 35.9 Å². The van der Waals surface area contributed by atoms with Gasteiger partial charge in [-0.25, -0.2) is 0 Å². The van der Waals surface area contributed by atoms with Crippen LogP contribution >= 0.6 is 11.3 Å². The molecule has 0 saturated carbocycles. The normalized spacial score (nSPS) is 14.4. The van der Waals surface area contributed by atoms with Crippen LogP contribution in [0.2, 0.25) is 0 Å². The molecule has 4 N–H and O–H groups in total. The summed E-state index contributed by atoms with van der Waals surface area (Å²) in [5.74, 6) is 0.255. The zero-order valence-electron chi connectivity index (χ0n) is 10.7. The highest BCUT2D eigenvalue weighted by Gasteiger charge is 2.21. The van der Waals surface area contributed by atoms with Crippen LogP contribution in [0.4, 0.5) is 0 Å². The largest absolute Gasteiger partial charge is 0.330 e. The summed E-state index contributed by atoms with van der Waals surface area (Å²) < 4.78 is 0. The van der Waals surface area contributed by atoms with Crippen molar-refractivity contribution in [2.75, 3.05) is 6.54 Å². The van der Waals surface area contributed by atoms with Crippen LogP contribution in [0.3, 0.4) is 0 Å². The topological polar surface area (TPSA) is 52.0 Å². The van der Waals surface area contributed by atoms with Gasteiger partial charge in [-0.2, -0.15) is 0 Å². The van der Waals surface area contributed by atoms with Crippen molar-refractivity contribution >= 4 is 11.3 Å². The van der Waals surface area contributed by atoms with Crippen LogP contribution in [0.15, 0.2) is 41.8 Å². The van der Waals surface area contributed by atoms with E-state index in [0.717, 1.165) is 6.42 Å². The number of thiophene rings is 1. The second-order valence-corrected chi connectivity index (χ2v) is 5.61. The van der Waals surface area contributed by atoms with Crippen molar-refractivity contribution in [2.24, 2.45) is 11.5 Å². The minimum atomic E-state index is 0.0785. The second-order valence-electron chi connectivity index (χ2n) is 4.66. The minimum absolute atomic E-state index is 0.0785. The van der Waals surface area contributed by atoms with Crippen molar-refractivity contribution < 1.29 is 0 Å². The molecule has 1 aromatic heterocycles. The standard InChI is InChI=1S/C15H20N2S/c1-11-7-8-18-15(11)13(10-16)14(17)9-12-5-3-2-4-6-12/h2-8,13-14H,9-10,16-17H2,1H3. The fraction of sp³-hybridized carbons (Fsp3) is 0.333. The molecule has 1 aromatic carbocycles. The van der Waals surface area contributed by atoms with Crippen LogP contribution in [-0.2, 0) is 6.42 Å². The smallest absolute Gasteiger partial charge is 0.0213 e. The van der Waals surface area contributed by atoms with Crippen molar-refractivity contribution in [3.8, 4) is 0 Å².